The Bertz CT molecular complexity index is 961. The van der Waals surface area contributed by atoms with Gasteiger partial charge in [-0.1, -0.05) is 24.3 Å². The van der Waals surface area contributed by atoms with Gasteiger partial charge in [-0.25, -0.2) is 18.4 Å². The maximum Gasteiger partial charge on any atom is 0.137 e. The van der Waals surface area contributed by atoms with E-state index in [0.717, 1.165) is 24.8 Å². The van der Waals surface area contributed by atoms with Crippen molar-refractivity contribution >= 4 is 5.69 Å². The first-order valence-electron chi connectivity index (χ1n) is 10.0. The summed E-state index contributed by atoms with van der Waals surface area (Å²) in [4.78, 5) is 8.35. The second-order valence-electron chi connectivity index (χ2n) is 7.68. The van der Waals surface area contributed by atoms with Crippen LogP contribution in [0.25, 0.3) is 0 Å². The highest BCUT2D eigenvalue weighted by Crippen LogP contribution is 2.33. The molecule has 158 valence electrons. The van der Waals surface area contributed by atoms with Crippen molar-refractivity contribution in [1.29, 1.82) is 0 Å². The number of rotatable bonds is 6. The summed E-state index contributed by atoms with van der Waals surface area (Å²) in [5.74, 6) is -1.45. The van der Waals surface area contributed by atoms with Crippen LogP contribution in [0.3, 0.4) is 0 Å². The molecule has 4 rings (SSSR count). The Morgan fingerprint density at radius 2 is 1.80 bits per heavy atom. The lowest BCUT2D eigenvalue weighted by Gasteiger charge is -2.45. The molecule has 0 saturated carbocycles. The maximum absolute atomic E-state index is 14.7. The van der Waals surface area contributed by atoms with E-state index < -0.39 is 23.3 Å². The van der Waals surface area contributed by atoms with Crippen LogP contribution in [-0.2, 0) is 12.1 Å². The fourth-order valence-corrected chi connectivity index (χ4v) is 4.15. The first kappa shape index (κ1) is 20.4. The van der Waals surface area contributed by atoms with E-state index in [1.54, 1.807) is 0 Å². The van der Waals surface area contributed by atoms with Crippen LogP contribution < -0.4 is 4.90 Å². The van der Waals surface area contributed by atoms with E-state index in [4.69, 9.17) is 0 Å². The second kappa shape index (κ2) is 8.49. The summed E-state index contributed by atoms with van der Waals surface area (Å²) in [6, 6.07) is 13.0. The lowest BCUT2D eigenvalue weighted by Crippen LogP contribution is -2.57. The van der Waals surface area contributed by atoms with Crippen molar-refractivity contribution < 1.29 is 13.9 Å². The molecule has 3 aromatic rings. The number of anilines is 1. The van der Waals surface area contributed by atoms with E-state index in [1.807, 2.05) is 25.1 Å². The predicted octanol–water partition coefficient (Wildman–Crippen LogP) is 2.65. The minimum Gasteiger partial charge on any atom is -0.381 e. The minimum absolute atomic E-state index is 0.00954. The molecule has 6 nitrogen and oxygen atoms in total. The van der Waals surface area contributed by atoms with Crippen molar-refractivity contribution in [1.82, 2.24) is 19.7 Å². The smallest absolute Gasteiger partial charge is 0.137 e. The number of halogens is 2. The Labute approximate surface area is 174 Å². The molecule has 2 atom stereocenters. The summed E-state index contributed by atoms with van der Waals surface area (Å²) < 4.78 is 29.7. The summed E-state index contributed by atoms with van der Waals surface area (Å²) in [6.07, 6.45) is 2.84. The number of para-hydroxylation sites is 1. The SMILES string of the molecule is C[C@H](N1CCN(c2ccccc2)CC1)[C@@](O)(Cn1cncn1)c1ccc(F)cc1F. The van der Waals surface area contributed by atoms with Crippen LogP contribution >= 0.6 is 0 Å². The highest BCUT2D eigenvalue weighted by atomic mass is 19.1. The molecule has 1 N–H and O–H groups in total. The number of hydrogen-bond acceptors (Lipinski definition) is 5. The van der Waals surface area contributed by atoms with Gasteiger partial charge in [-0.15, -0.1) is 0 Å². The van der Waals surface area contributed by atoms with Crippen LogP contribution in [0.15, 0.2) is 61.2 Å². The monoisotopic (exact) mass is 413 g/mol. The van der Waals surface area contributed by atoms with Crippen molar-refractivity contribution in [3.63, 3.8) is 0 Å². The molecule has 0 radical (unpaired) electrons. The van der Waals surface area contributed by atoms with E-state index in [2.05, 4.69) is 32.0 Å². The van der Waals surface area contributed by atoms with Gasteiger partial charge in [0, 0.05) is 49.5 Å². The van der Waals surface area contributed by atoms with E-state index in [9.17, 15) is 13.9 Å². The summed E-state index contributed by atoms with van der Waals surface area (Å²) in [6.45, 7) is 4.88. The molecule has 1 fully saturated rings. The number of nitrogens with zero attached hydrogens (tertiary/aromatic N) is 5. The quantitative estimate of drug-likeness (QED) is 0.673. The zero-order valence-electron chi connectivity index (χ0n) is 16.8. The molecule has 1 aliphatic rings. The van der Waals surface area contributed by atoms with Gasteiger partial charge in [0.15, 0.2) is 0 Å². The van der Waals surface area contributed by atoms with Gasteiger partial charge in [-0.05, 0) is 25.1 Å². The number of aromatic nitrogens is 3. The molecule has 30 heavy (non-hydrogen) atoms. The van der Waals surface area contributed by atoms with Gasteiger partial charge in [0.1, 0.15) is 29.9 Å². The first-order valence-corrected chi connectivity index (χ1v) is 10.0. The van der Waals surface area contributed by atoms with Gasteiger partial charge in [0.2, 0.25) is 0 Å². The van der Waals surface area contributed by atoms with Crippen molar-refractivity contribution in [2.75, 3.05) is 31.1 Å². The van der Waals surface area contributed by atoms with Crippen molar-refractivity contribution in [3.8, 4) is 0 Å². The van der Waals surface area contributed by atoms with Gasteiger partial charge in [-0.3, -0.25) is 4.90 Å². The molecule has 0 amide bonds. The van der Waals surface area contributed by atoms with Gasteiger partial charge >= 0.3 is 0 Å². The number of hydrogen-bond donors (Lipinski definition) is 1. The van der Waals surface area contributed by atoms with E-state index >= 15 is 0 Å². The average Bonchev–Trinajstić information content (AvgIpc) is 3.26. The third-order valence-corrected chi connectivity index (χ3v) is 5.94. The lowest BCUT2D eigenvalue weighted by atomic mass is 9.85. The van der Waals surface area contributed by atoms with Crippen LogP contribution in [-0.4, -0.2) is 57.0 Å². The summed E-state index contributed by atoms with van der Waals surface area (Å²) >= 11 is 0. The van der Waals surface area contributed by atoms with Crippen LogP contribution in [0.1, 0.15) is 12.5 Å². The van der Waals surface area contributed by atoms with Crippen molar-refractivity contribution in [3.05, 3.63) is 78.4 Å². The average molecular weight is 413 g/mol. The molecule has 0 aliphatic carbocycles. The van der Waals surface area contributed by atoms with E-state index in [1.165, 1.54) is 29.5 Å². The fraction of sp³-hybridized carbons (Fsp3) is 0.364. The zero-order valence-corrected chi connectivity index (χ0v) is 16.8. The largest absolute Gasteiger partial charge is 0.381 e. The molecule has 1 aliphatic heterocycles. The molecule has 0 unspecified atom stereocenters. The standard InChI is InChI=1S/C22H25F2N5O/c1-17(27-9-11-28(12-10-27)19-5-3-2-4-6-19)22(30,14-29-16-25-15-26-29)20-8-7-18(23)13-21(20)24/h2-8,13,15-17,30H,9-12,14H2,1H3/t17-,22-/m0/s1. The first-order chi connectivity index (χ1) is 14.5. The second-order valence-corrected chi connectivity index (χ2v) is 7.68. The highest BCUT2D eigenvalue weighted by molar-refractivity contribution is 5.46. The molecular formula is C22H25F2N5O. The molecule has 1 saturated heterocycles. The zero-order chi connectivity index (χ0) is 21.1. The van der Waals surface area contributed by atoms with Crippen LogP contribution in [0, 0.1) is 11.6 Å². The molecule has 2 heterocycles. The van der Waals surface area contributed by atoms with E-state index in [-0.39, 0.29) is 12.1 Å². The topological polar surface area (TPSA) is 57.4 Å². The Hall–Kier alpha value is -2.84. The molecule has 1 aromatic heterocycles. The Morgan fingerprint density at radius 1 is 1.07 bits per heavy atom. The lowest BCUT2D eigenvalue weighted by molar-refractivity contribution is -0.0650. The normalized spacial score (nSPS) is 18.2. The number of piperazine rings is 1. The van der Waals surface area contributed by atoms with Gasteiger partial charge in [0.25, 0.3) is 0 Å². The number of aliphatic hydroxyl groups is 1. The van der Waals surface area contributed by atoms with Crippen LogP contribution in [0.4, 0.5) is 14.5 Å². The van der Waals surface area contributed by atoms with E-state index in [0.29, 0.717) is 13.1 Å². The molecule has 0 bridgehead atoms. The summed E-state index contributed by atoms with van der Waals surface area (Å²) in [7, 11) is 0. The third-order valence-electron chi connectivity index (χ3n) is 5.94. The van der Waals surface area contributed by atoms with Crippen molar-refractivity contribution in [2.45, 2.75) is 25.1 Å². The maximum atomic E-state index is 14.7. The Morgan fingerprint density at radius 3 is 2.43 bits per heavy atom. The molecule has 8 heteroatoms. The summed E-state index contributed by atoms with van der Waals surface area (Å²) in [5, 5.41) is 15.8. The van der Waals surface area contributed by atoms with Gasteiger partial charge < -0.3 is 10.0 Å². The summed E-state index contributed by atoms with van der Waals surface area (Å²) in [5.41, 5.74) is -0.398. The third kappa shape index (κ3) is 4.06. The Balaban J connectivity index is 1.58. The van der Waals surface area contributed by atoms with Crippen molar-refractivity contribution in [2.24, 2.45) is 0 Å². The number of benzene rings is 2. The fourth-order valence-electron chi connectivity index (χ4n) is 4.15. The Kier molecular flexibility index (Phi) is 5.78. The molecule has 2 aromatic carbocycles. The van der Waals surface area contributed by atoms with Crippen LogP contribution in [0.5, 0.6) is 0 Å². The highest BCUT2D eigenvalue weighted by Gasteiger charge is 2.42. The predicted molar refractivity (Wildman–Crippen MR) is 110 cm³/mol. The molecule has 0 spiro atoms. The molecular weight excluding hydrogens is 388 g/mol. The van der Waals surface area contributed by atoms with Gasteiger partial charge in [-0.2, -0.15) is 5.10 Å². The van der Waals surface area contributed by atoms with Crippen LogP contribution in [0.2, 0.25) is 0 Å². The minimum atomic E-state index is -1.61. The van der Waals surface area contributed by atoms with Gasteiger partial charge in [0.05, 0.1) is 6.54 Å².